The number of nitrogens with zero attached hydrogens (tertiary/aromatic N) is 3. The van der Waals surface area contributed by atoms with E-state index in [2.05, 4.69) is 35.6 Å². The second-order valence-electron chi connectivity index (χ2n) is 8.77. The Morgan fingerprint density at radius 3 is 2.78 bits per heavy atom. The highest BCUT2D eigenvalue weighted by molar-refractivity contribution is 8.23. The zero-order valence-corrected chi connectivity index (χ0v) is 21.3. The molecule has 0 radical (unpaired) electrons. The number of H-pyrrole nitrogens is 2. The van der Waals surface area contributed by atoms with Crippen LogP contribution >= 0.6 is 22.4 Å². The largest absolute Gasteiger partial charge is 0.354 e. The minimum Gasteiger partial charge on any atom is -0.354 e. The van der Waals surface area contributed by atoms with Crippen molar-refractivity contribution >= 4 is 45.1 Å². The third kappa shape index (κ3) is 5.11. The van der Waals surface area contributed by atoms with Gasteiger partial charge in [0.15, 0.2) is 0 Å². The maximum absolute atomic E-state index is 12.8. The smallest absolute Gasteiger partial charge is 0.269 e. The first-order valence-corrected chi connectivity index (χ1v) is 13.7. The van der Waals surface area contributed by atoms with Gasteiger partial charge < -0.3 is 4.98 Å². The molecule has 1 aliphatic rings. The number of aromatic amines is 2. The first-order chi connectivity index (χ1) is 17.5. The van der Waals surface area contributed by atoms with E-state index < -0.39 is 10.8 Å². The molecule has 0 saturated heterocycles. The Kier molecular flexibility index (Phi) is 7.26. The molecule has 36 heavy (non-hydrogen) atoms. The second-order valence-corrected chi connectivity index (χ2v) is 11.2. The number of rotatable bonds is 8. The summed E-state index contributed by atoms with van der Waals surface area (Å²) < 4.78 is 20.6. The number of amides is 1. The Morgan fingerprint density at radius 1 is 1.22 bits per heavy atom. The fraction of sp³-hybridized carbons (Fsp3) is 0.333. The van der Waals surface area contributed by atoms with Gasteiger partial charge in [-0.15, -0.1) is 15.9 Å². The lowest BCUT2D eigenvalue weighted by Crippen LogP contribution is -2.34. The fourth-order valence-corrected chi connectivity index (χ4v) is 6.83. The number of hydrogen-bond acceptors (Lipinski definition) is 7. The summed E-state index contributed by atoms with van der Waals surface area (Å²) >= 11 is 6.59. The first kappa shape index (κ1) is 24.7. The fourth-order valence-electron chi connectivity index (χ4n) is 4.69. The van der Waals surface area contributed by atoms with Crippen molar-refractivity contribution in [3.63, 3.8) is 0 Å². The minimum atomic E-state index is -2.82. The standard InChI is InChI=1S/C24H28ClN7O3S/c1-35-36(34,30-16-7-3-2-4-8-16)21-13-15(11-12-19(21)25)23-18(17-9-5-6-10-20(17)26-23)14-22(33)27-24-28-31-32-29-24/h5-6,9-13,16,26,30,34H,2-4,7-8,14H2,1H3,(H2,27,28,29,31,32,33). The lowest BCUT2D eigenvalue weighted by molar-refractivity contribution is -0.115. The number of carbonyl (C=O) groups excluding carboxylic acids is 1. The predicted octanol–water partition coefficient (Wildman–Crippen LogP) is 5.22. The highest BCUT2D eigenvalue weighted by Crippen LogP contribution is 2.54. The van der Waals surface area contributed by atoms with E-state index in [9.17, 15) is 9.35 Å². The Labute approximate surface area is 215 Å². The van der Waals surface area contributed by atoms with Crippen LogP contribution in [0.2, 0.25) is 5.02 Å². The predicted molar refractivity (Wildman–Crippen MR) is 141 cm³/mol. The van der Waals surface area contributed by atoms with Gasteiger partial charge in [-0.3, -0.25) is 18.8 Å². The van der Waals surface area contributed by atoms with Crippen LogP contribution < -0.4 is 10.0 Å². The van der Waals surface area contributed by atoms with Gasteiger partial charge in [-0.1, -0.05) is 60.2 Å². The van der Waals surface area contributed by atoms with Gasteiger partial charge in [-0.05, 0) is 41.8 Å². The Hall–Kier alpha value is -2.96. The van der Waals surface area contributed by atoms with Crippen LogP contribution in [-0.2, 0) is 15.4 Å². The molecule has 2 heterocycles. The Balaban J connectivity index is 1.52. The molecule has 1 unspecified atom stereocenters. The molecule has 1 saturated carbocycles. The van der Waals surface area contributed by atoms with Gasteiger partial charge in [-0.25, -0.2) is 4.72 Å². The van der Waals surface area contributed by atoms with Crippen LogP contribution in [0.15, 0.2) is 47.4 Å². The van der Waals surface area contributed by atoms with Gasteiger partial charge in [-0.2, -0.15) is 5.21 Å². The van der Waals surface area contributed by atoms with Gasteiger partial charge >= 0.3 is 0 Å². The van der Waals surface area contributed by atoms with E-state index in [4.69, 9.17) is 15.8 Å². The van der Waals surface area contributed by atoms with Gasteiger partial charge in [0.1, 0.15) is 0 Å². The van der Waals surface area contributed by atoms with Gasteiger partial charge in [0.05, 0.1) is 29.1 Å². The third-order valence-electron chi connectivity index (χ3n) is 6.44. The van der Waals surface area contributed by atoms with E-state index in [0.29, 0.717) is 9.92 Å². The molecule has 10 nitrogen and oxygen atoms in total. The summed E-state index contributed by atoms with van der Waals surface area (Å²) in [4.78, 5) is 16.8. The number of fused-ring (bicyclic) bond motifs is 1. The van der Waals surface area contributed by atoms with E-state index in [1.54, 1.807) is 6.07 Å². The molecule has 2 aromatic heterocycles. The first-order valence-electron chi connectivity index (χ1n) is 11.8. The van der Waals surface area contributed by atoms with Crippen molar-refractivity contribution < 1.29 is 13.5 Å². The molecule has 1 amide bonds. The van der Waals surface area contributed by atoms with Crippen LogP contribution in [-0.4, -0.2) is 49.2 Å². The maximum Gasteiger partial charge on any atom is 0.269 e. The highest BCUT2D eigenvalue weighted by Gasteiger charge is 2.28. The summed E-state index contributed by atoms with van der Waals surface area (Å²) in [5, 5.41) is 17.3. The molecule has 190 valence electrons. The number of halogens is 1. The second kappa shape index (κ2) is 10.6. The Morgan fingerprint density at radius 2 is 2.03 bits per heavy atom. The minimum absolute atomic E-state index is 0.0770. The van der Waals surface area contributed by atoms with E-state index in [-0.39, 0.29) is 24.3 Å². The molecule has 5 rings (SSSR count). The van der Waals surface area contributed by atoms with Gasteiger partial charge in [0, 0.05) is 22.5 Å². The van der Waals surface area contributed by atoms with Crippen LogP contribution in [0.4, 0.5) is 5.95 Å². The van der Waals surface area contributed by atoms with Crippen LogP contribution in [0.1, 0.15) is 37.7 Å². The van der Waals surface area contributed by atoms with Gasteiger partial charge in [0.2, 0.25) is 5.91 Å². The SMILES string of the molecule is COS(O)(NC1CCCCC1)c1cc(-c2[nH]c3ccccc3c2CC(=O)Nc2nn[nH]n2)ccc1Cl. The third-order valence-corrected chi connectivity index (χ3v) is 8.95. The van der Waals surface area contributed by atoms with Gasteiger partial charge in [0.25, 0.3) is 5.95 Å². The van der Waals surface area contributed by atoms with Crippen LogP contribution in [0, 0.1) is 0 Å². The molecule has 12 heteroatoms. The molecule has 0 aliphatic heterocycles. The number of benzene rings is 2. The number of para-hydroxylation sites is 1. The van der Waals surface area contributed by atoms with Crippen LogP contribution in [0.25, 0.3) is 22.2 Å². The lowest BCUT2D eigenvalue weighted by atomic mass is 9.96. The van der Waals surface area contributed by atoms with Crippen molar-refractivity contribution in [3.05, 3.63) is 53.1 Å². The molecule has 1 atom stereocenters. The summed E-state index contributed by atoms with van der Waals surface area (Å²) in [6, 6.07) is 13.4. The number of anilines is 1. The maximum atomic E-state index is 12.8. The summed E-state index contributed by atoms with van der Waals surface area (Å²) in [5.74, 6) is -0.174. The zero-order chi connectivity index (χ0) is 25.1. The quantitative estimate of drug-likeness (QED) is 0.211. The summed E-state index contributed by atoms with van der Waals surface area (Å²) in [5.41, 5.74) is 3.23. The lowest BCUT2D eigenvalue weighted by Gasteiger charge is -2.42. The van der Waals surface area contributed by atoms with Crippen molar-refractivity contribution in [3.8, 4) is 11.3 Å². The van der Waals surface area contributed by atoms with Crippen molar-refractivity contribution in [2.45, 2.75) is 49.5 Å². The summed E-state index contributed by atoms with van der Waals surface area (Å²) in [7, 11) is -1.33. The molecule has 5 N–H and O–H groups in total. The topological polar surface area (TPSA) is 141 Å². The van der Waals surface area contributed by atoms with Crippen molar-refractivity contribution in [1.29, 1.82) is 0 Å². The number of hydrogen-bond donors (Lipinski definition) is 5. The molecule has 2 aromatic carbocycles. The average molecular weight is 530 g/mol. The van der Waals surface area contributed by atoms with E-state index >= 15 is 0 Å². The highest BCUT2D eigenvalue weighted by atomic mass is 35.5. The number of nitrogens with one attached hydrogen (secondary N) is 4. The number of carbonyl (C=O) groups is 1. The molecule has 0 spiro atoms. The summed E-state index contributed by atoms with van der Waals surface area (Å²) in [6.07, 6.45) is 5.49. The zero-order valence-electron chi connectivity index (χ0n) is 19.8. The summed E-state index contributed by atoms with van der Waals surface area (Å²) in [6.45, 7) is 0. The van der Waals surface area contributed by atoms with Crippen LogP contribution in [0.3, 0.4) is 0 Å². The molecule has 1 fully saturated rings. The molecular weight excluding hydrogens is 502 g/mol. The normalized spacial score (nSPS) is 17.1. The Bertz CT molecular complexity index is 1360. The van der Waals surface area contributed by atoms with Crippen molar-refractivity contribution in [1.82, 2.24) is 30.3 Å². The number of aromatic nitrogens is 5. The van der Waals surface area contributed by atoms with E-state index in [0.717, 1.165) is 53.4 Å². The molecule has 1 aliphatic carbocycles. The molecule has 0 bridgehead atoms. The van der Waals surface area contributed by atoms with E-state index in [1.165, 1.54) is 13.5 Å². The van der Waals surface area contributed by atoms with E-state index in [1.807, 2.05) is 36.4 Å². The molecule has 4 aromatic rings. The number of tetrazole rings is 1. The average Bonchev–Trinajstić information content (AvgIpc) is 3.53. The molecular formula is C24H28ClN7O3S. The van der Waals surface area contributed by atoms with Crippen molar-refractivity contribution in [2.75, 3.05) is 12.4 Å². The van der Waals surface area contributed by atoms with Crippen LogP contribution in [0.5, 0.6) is 0 Å². The van der Waals surface area contributed by atoms with Crippen molar-refractivity contribution in [2.24, 2.45) is 0 Å². The monoisotopic (exact) mass is 529 g/mol.